The molecule has 3 aromatic carbocycles. The Kier molecular flexibility index (Phi) is 6.74. The molecule has 3 nitrogen and oxygen atoms in total. The van der Waals surface area contributed by atoms with Crippen LogP contribution in [0.5, 0.6) is 0 Å². The first-order valence-electron chi connectivity index (χ1n) is 9.50. The summed E-state index contributed by atoms with van der Waals surface area (Å²) in [5.74, 6) is -2.96. The Bertz CT molecular complexity index is 1110. The van der Waals surface area contributed by atoms with Crippen molar-refractivity contribution in [2.75, 3.05) is 10.2 Å². The molecule has 1 amide bonds. The van der Waals surface area contributed by atoms with E-state index in [1.165, 1.54) is 18.2 Å². The van der Waals surface area contributed by atoms with Crippen molar-refractivity contribution >= 4 is 34.6 Å². The van der Waals surface area contributed by atoms with Crippen molar-refractivity contribution in [1.82, 2.24) is 0 Å². The van der Waals surface area contributed by atoms with Gasteiger partial charge in [-0.25, -0.2) is 8.78 Å². The molecule has 0 bridgehead atoms. The van der Waals surface area contributed by atoms with Crippen molar-refractivity contribution in [1.29, 1.82) is 0 Å². The van der Waals surface area contributed by atoms with E-state index in [4.69, 9.17) is 11.6 Å². The van der Waals surface area contributed by atoms with Gasteiger partial charge in [-0.15, -0.1) is 0 Å². The zero-order chi connectivity index (χ0) is 23.6. The maximum Gasteiger partial charge on any atom is 0.416 e. The summed E-state index contributed by atoms with van der Waals surface area (Å²) in [6.07, 6.45) is -4.53. The predicted octanol–water partition coefficient (Wildman–Crippen LogP) is 7.44. The van der Waals surface area contributed by atoms with Crippen LogP contribution in [0.1, 0.15) is 29.8 Å². The monoisotopic (exact) mass is 468 g/mol. The number of carbonyl (C=O) groups is 1. The minimum Gasteiger partial charge on any atom is -0.338 e. The summed E-state index contributed by atoms with van der Waals surface area (Å²) in [6, 6.07) is 12.0. The quantitative estimate of drug-likeness (QED) is 0.395. The van der Waals surface area contributed by atoms with Crippen LogP contribution >= 0.6 is 11.6 Å². The largest absolute Gasteiger partial charge is 0.416 e. The summed E-state index contributed by atoms with van der Waals surface area (Å²) >= 11 is 6.20. The van der Waals surface area contributed by atoms with Gasteiger partial charge in [0, 0.05) is 17.4 Å². The van der Waals surface area contributed by atoms with Crippen LogP contribution in [0.2, 0.25) is 5.02 Å². The fourth-order valence-electron chi connectivity index (χ4n) is 3.20. The Morgan fingerprint density at radius 2 is 1.56 bits per heavy atom. The highest BCUT2D eigenvalue weighted by molar-refractivity contribution is 6.33. The smallest absolute Gasteiger partial charge is 0.338 e. The first-order valence-corrected chi connectivity index (χ1v) is 9.88. The van der Waals surface area contributed by atoms with Crippen LogP contribution in [0, 0.1) is 11.6 Å². The highest BCUT2D eigenvalue weighted by Crippen LogP contribution is 2.39. The number of amides is 1. The maximum atomic E-state index is 13.8. The van der Waals surface area contributed by atoms with Crippen LogP contribution in [0.25, 0.3) is 0 Å². The number of benzene rings is 3. The molecule has 0 atom stereocenters. The normalized spacial score (nSPS) is 11.5. The standard InChI is InChI=1S/C23H18ClF5N2O/c1-13(2)31(20-12-14(23(27,28)29)6-11-17(20)24)16-9-7-15(8-10-16)30-22(32)21-18(25)4-3-5-19(21)26/h3-13H,1-2H3,(H,30,32). The SMILES string of the molecule is CC(C)N(c1ccc(NC(=O)c2c(F)cccc2F)cc1)c1cc(C(F)(F)F)ccc1Cl. The fourth-order valence-corrected chi connectivity index (χ4v) is 3.41. The molecule has 0 heterocycles. The zero-order valence-electron chi connectivity index (χ0n) is 17.0. The van der Waals surface area contributed by atoms with Gasteiger partial charge in [0.1, 0.15) is 17.2 Å². The number of anilines is 3. The minimum atomic E-state index is -4.53. The van der Waals surface area contributed by atoms with Crippen molar-refractivity contribution in [3.05, 3.63) is 88.4 Å². The predicted molar refractivity (Wildman–Crippen MR) is 114 cm³/mol. The van der Waals surface area contributed by atoms with Crippen molar-refractivity contribution in [3.8, 4) is 0 Å². The van der Waals surface area contributed by atoms with Gasteiger partial charge in [0.15, 0.2) is 0 Å². The van der Waals surface area contributed by atoms with E-state index in [1.807, 2.05) is 0 Å². The number of nitrogens with zero attached hydrogens (tertiary/aromatic N) is 1. The summed E-state index contributed by atoms with van der Waals surface area (Å²) in [5, 5.41) is 2.54. The van der Waals surface area contributed by atoms with Crippen molar-refractivity contribution in [2.45, 2.75) is 26.1 Å². The van der Waals surface area contributed by atoms with Crippen LogP contribution in [-0.2, 0) is 6.18 Å². The lowest BCUT2D eigenvalue weighted by molar-refractivity contribution is -0.137. The number of halogens is 6. The van der Waals surface area contributed by atoms with Gasteiger partial charge in [-0.1, -0.05) is 17.7 Å². The van der Waals surface area contributed by atoms with Gasteiger partial charge in [-0.3, -0.25) is 4.79 Å². The second kappa shape index (κ2) is 9.16. The molecule has 3 rings (SSSR count). The second-order valence-corrected chi connectivity index (χ2v) is 7.63. The molecule has 0 aliphatic carbocycles. The van der Waals surface area contributed by atoms with Crippen LogP contribution in [-0.4, -0.2) is 11.9 Å². The molecule has 9 heteroatoms. The molecule has 168 valence electrons. The third-order valence-electron chi connectivity index (χ3n) is 4.64. The summed E-state index contributed by atoms with van der Waals surface area (Å²) < 4.78 is 67.2. The number of alkyl halides is 3. The van der Waals surface area contributed by atoms with Gasteiger partial charge in [0.25, 0.3) is 5.91 Å². The summed E-state index contributed by atoms with van der Waals surface area (Å²) in [7, 11) is 0. The minimum absolute atomic E-state index is 0.138. The lowest BCUT2D eigenvalue weighted by Gasteiger charge is -2.30. The van der Waals surface area contributed by atoms with E-state index in [2.05, 4.69) is 5.32 Å². The molecule has 0 spiro atoms. The van der Waals surface area contributed by atoms with Gasteiger partial charge >= 0.3 is 6.18 Å². The number of nitrogens with one attached hydrogen (secondary N) is 1. The first-order chi connectivity index (χ1) is 15.0. The molecule has 0 aliphatic rings. The molecule has 3 aromatic rings. The van der Waals surface area contributed by atoms with Gasteiger partial charge in [0.2, 0.25) is 0 Å². The molecule has 0 saturated heterocycles. The molecule has 0 saturated carbocycles. The molecule has 0 fully saturated rings. The van der Waals surface area contributed by atoms with Crippen LogP contribution in [0.4, 0.5) is 39.0 Å². The van der Waals surface area contributed by atoms with Crippen LogP contribution in [0.3, 0.4) is 0 Å². The molecular formula is C23H18ClF5N2O. The van der Waals surface area contributed by atoms with Crippen molar-refractivity contribution < 1.29 is 26.7 Å². The van der Waals surface area contributed by atoms with E-state index < -0.39 is 34.8 Å². The first kappa shape index (κ1) is 23.5. The van der Waals surface area contributed by atoms with Crippen LogP contribution in [0.15, 0.2) is 60.7 Å². The highest BCUT2D eigenvalue weighted by Gasteiger charge is 2.32. The number of hydrogen-bond donors (Lipinski definition) is 1. The summed E-state index contributed by atoms with van der Waals surface area (Å²) in [4.78, 5) is 13.9. The Labute approximate surface area is 186 Å². The molecule has 32 heavy (non-hydrogen) atoms. The molecule has 0 aliphatic heterocycles. The Morgan fingerprint density at radius 1 is 0.969 bits per heavy atom. The number of hydrogen-bond acceptors (Lipinski definition) is 2. The van der Waals surface area contributed by atoms with E-state index in [-0.39, 0.29) is 22.4 Å². The Balaban J connectivity index is 1.90. The molecular weight excluding hydrogens is 451 g/mol. The summed E-state index contributed by atoms with van der Waals surface area (Å²) in [5.41, 5.74) is -0.618. The molecule has 1 N–H and O–H groups in total. The third kappa shape index (κ3) is 5.02. The Hall–Kier alpha value is -3.13. The maximum absolute atomic E-state index is 13.8. The number of rotatable bonds is 5. The van der Waals surface area contributed by atoms with E-state index in [0.29, 0.717) is 5.69 Å². The van der Waals surface area contributed by atoms with Gasteiger partial charge in [-0.05, 0) is 68.4 Å². The molecule has 0 unspecified atom stereocenters. The van der Waals surface area contributed by atoms with Gasteiger partial charge in [0.05, 0.1) is 16.3 Å². The van der Waals surface area contributed by atoms with E-state index >= 15 is 0 Å². The van der Waals surface area contributed by atoms with Crippen molar-refractivity contribution in [3.63, 3.8) is 0 Å². The van der Waals surface area contributed by atoms with Crippen molar-refractivity contribution in [2.24, 2.45) is 0 Å². The van der Waals surface area contributed by atoms with Gasteiger partial charge < -0.3 is 10.2 Å². The van der Waals surface area contributed by atoms with Crippen LogP contribution < -0.4 is 10.2 Å². The van der Waals surface area contributed by atoms with E-state index in [1.54, 1.807) is 30.9 Å². The second-order valence-electron chi connectivity index (χ2n) is 7.23. The lowest BCUT2D eigenvalue weighted by Crippen LogP contribution is -2.26. The van der Waals surface area contributed by atoms with E-state index in [9.17, 15) is 26.7 Å². The third-order valence-corrected chi connectivity index (χ3v) is 4.96. The Morgan fingerprint density at radius 3 is 2.09 bits per heavy atom. The number of carbonyl (C=O) groups excluding carboxylic acids is 1. The average Bonchev–Trinajstić information content (AvgIpc) is 2.69. The lowest BCUT2D eigenvalue weighted by atomic mass is 10.1. The molecule has 0 aromatic heterocycles. The summed E-state index contributed by atoms with van der Waals surface area (Å²) in [6.45, 7) is 3.57. The zero-order valence-corrected chi connectivity index (χ0v) is 17.7. The topological polar surface area (TPSA) is 32.3 Å². The fraction of sp³-hybridized carbons (Fsp3) is 0.174. The molecule has 0 radical (unpaired) electrons. The van der Waals surface area contributed by atoms with Gasteiger partial charge in [-0.2, -0.15) is 13.2 Å². The highest BCUT2D eigenvalue weighted by atomic mass is 35.5. The van der Waals surface area contributed by atoms with E-state index in [0.717, 1.165) is 30.3 Å². The average molecular weight is 469 g/mol.